The molecule has 0 aliphatic rings. The minimum atomic E-state index is -0.517. The highest BCUT2D eigenvalue weighted by Crippen LogP contribution is 2.24. The van der Waals surface area contributed by atoms with Crippen LogP contribution in [-0.4, -0.2) is 19.6 Å². The maximum atomic E-state index is 13.8. The predicted molar refractivity (Wildman–Crippen MR) is 67.3 cm³/mol. The molecule has 0 fully saturated rings. The van der Waals surface area contributed by atoms with Crippen LogP contribution >= 0.6 is 0 Å². The number of benzene rings is 1. The Hall–Kier alpha value is -1.16. The zero-order valence-corrected chi connectivity index (χ0v) is 10.6. The molecular formula is C13H20F2N2. The molecular weight excluding hydrogens is 222 g/mol. The summed E-state index contributed by atoms with van der Waals surface area (Å²) in [6.45, 7) is 4.41. The van der Waals surface area contributed by atoms with Gasteiger partial charge >= 0.3 is 0 Å². The molecule has 0 spiro atoms. The molecule has 1 aromatic carbocycles. The number of anilines is 1. The van der Waals surface area contributed by atoms with Crippen molar-refractivity contribution in [1.82, 2.24) is 0 Å². The van der Waals surface area contributed by atoms with Crippen molar-refractivity contribution in [3.63, 3.8) is 0 Å². The molecule has 2 nitrogen and oxygen atoms in total. The van der Waals surface area contributed by atoms with E-state index in [0.29, 0.717) is 18.5 Å². The Bertz CT molecular complexity index is 355. The molecule has 4 heteroatoms. The van der Waals surface area contributed by atoms with Crippen LogP contribution in [0, 0.1) is 11.6 Å². The molecule has 0 amide bonds. The first-order valence-electron chi connectivity index (χ1n) is 5.90. The van der Waals surface area contributed by atoms with Crippen molar-refractivity contribution in [2.45, 2.75) is 32.7 Å². The van der Waals surface area contributed by atoms with Crippen molar-refractivity contribution in [2.24, 2.45) is 5.73 Å². The van der Waals surface area contributed by atoms with Crippen molar-refractivity contribution < 1.29 is 8.78 Å². The van der Waals surface area contributed by atoms with Gasteiger partial charge in [0.25, 0.3) is 0 Å². The van der Waals surface area contributed by atoms with Crippen LogP contribution in [0.15, 0.2) is 12.1 Å². The van der Waals surface area contributed by atoms with E-state index in [1.54, 1.807) is 11.9 Å². The zero-order valence-electron chi connectivity index (χ0n) is 10.6. The van der Waals surface area contributed by atoms with Gasteiger partial charge in [-0.15, -0.1) is 0 Å². The normalized spacial score (nSPS) is 12.6. The van der Waals surface area contributed by atoms with E-state index in [1.165, 1.54) is 12.1 Å². The summed E-state index contributed by atoms with van der Waals surface area (Å²) in [5.74, 6) is -1.03. The van der Waals surface area contributed by atoms with E-state index in [0.717, 1.165) is 6.42 Å². The third kappa shape index (κ3) is 3.66. The Labute approximate surface area is 101 Å². The van der Waals surface area contributed by atoms with Gasteiger partial charge in [0.05, 0.1) is 0 Å². The van der Waals surface area contributed by atoms with Crippen molar-refractivity contribution >= 4 is 5.69 Å². The molecule has 0 saturated carbocycles. The summed E-state index contributed by atoms with van der Waals surface area (Å²) in [5, 5.41) is 0. The molecule has 1 unspecified atom stereocenters. The van der Waals surface area contributed by atoms with Crippen LogP contribution in [0.4, 0.5) is 14.5 Å². The smallest absolute Gasteiger partial charge is 0.149 e. The number of nitrogens with zero attached hydrogens (tertiary/aromatic N) is 1. The first-order chi connectivity index (χ1) is 7.95. The van der Waals surface area contributed by atoms with E-state index in [1.807, 2.05) is 13.8 Å². The minimum absolute atomic E-state index is 0.0419. The van der Waals surface area contributed by atoms with Gasteiger partial charge in [0.1, 0.15) is 17.3 Å². The molecule has 0 bridgehead atoms. The van der Waals surface area contributed by atoms with Gasteiger partial charge in [-0.05, 0) is 37.5 Å². The Morgan fingerprint density at radius 1 is 1.29 bits per heavy atom. The average molecular weight is 242 g/mol. The Balaban J connectivity index is 3.01. The van der Waals surface area contributed by atoms with Crippen LogP contribution in [0.1, 0.15) is 25.8 Å². The van der Waals surface area contributed by atoms with Crippen molar-refractivity contribution in [1.29, 1.82) is 0 Å². The molecule has 0 aromatic heterocycles. The number of hydrogen-bond donors (Lipinski definition) is 1. The summed E-state index contributed by atoms with van der Waals surface area (Å²) in [6.07, 6.45) is 1.32. The molecule has 1 atom stereocenters. The largest absolute Gasteiger partial charge is 0.370 e. The molecule has 0 aliphatic carbocycles. The Morgan fingerprint density at radius 3 is 2.24 bits per heavy atom. The summed E-state index contributed by atoms with van der Waals surface area (Å²) in [6, 6.07) is 2.63. The van der Waals surface area contributed by atoms with Crippen LogP contribution in [0.3, 0.4) is 0 Å². The Morgan fingerprint density at radius 2 is 1.82 bits per heavy atom. The molecule has 1 rings (SSSR count). The highest BCUT2D eigenvalue weighted by Gasteiger charge is 2.15. The van der Waals surface area contributed by atoms with Gasteiger partial charge in [-0.25, -0.2) is 8.78 Å². The first kappa shape index (κ1) is 13.9. The lowest BCUT2D eigenvalue weighted by Crippen LogP contribution is -2.22. The molecule has 96 valence electrons. The SMILES string of the molecule is CCCN(C)c1c(F)cc(CC(C)N)cc1F. The van der Waals surface area contributed by atoms with Crippen molar-refractivity contribution in [3.05, 3.63) is 29.3 Å². The summed E-state index contributed by atoms with van der Waals surface area (Å²) >= 11 is 0. The zero-order chi connectivity index (χ0) is 13.0. The monoisotopic (exact) mass is 242 g/mol. The fourth-order valence-electron chi connectivity index (χ4n) is 1.92. The lowest BCUT2D eigenvalue weighted by Gasteiger charge is -2.20. The molecule has 1 aromatic rings. The van der Waals surface area contributed by atoms with Crippen molar-refractivity contribution in [3.8, 4) is 0 Å². The van der Waals surface area contributed by atoms with Crippen molar-refractivity contribution in [2.75, 3.05) is 18.5 Å². The molecule has 0 aliphatic heterocycles. The maximum Gasteiger partial charge on any atom is 0.149 e. The molecule has 0 radical (unpaired) electrons. The fourth-order valence-corrected chi connectivity index (χ4v) is 1.92. The van der Waals surface area contributed by atoms with Crippen LogP contribution in [0.5, 0.6) is 0 Å². The fraction of sp³-hybridized carbons (Fsp3) is 0.538. The predicted octanol–water partition coefficient (Wildman–Crippen LogP) is 2.70. The molecule has 2 N–H and O–H groups in total. The van der Waals surface area contributed by atoms with Gasteiger partial charge in [-0.2, -0.15) is 0 Å². The second kappa shape index (κ2) is 5.96. The third-order valence-electron chi connectivity index (χ3n) is 2.58. The summed E-state index contributed by atoms with van der Waals surface area (Å²) in [7, 11) is 1.69. The lowest BCUT2D eigenvalue weighted by molar-refractivity contribution is 0.570. The topological polar surface area (TPSA) is 29.3 Å². The van der Waals surface area contributed by atoms with E-state index in [9.17, 15) is 8.78 Å². The van der Waals surface area contributed by atoms with Gasteiger partial charge in [0.15, 0.2) is 0 Å². The number of nitrogens with two attached hydrogens (primary N) is 1. The highest BCUT2D eigenvalue weighted by atomic mass is 19.1. The van der Waals surface area contributed by atoms with Crippen LogP contribution in [0.2, 0.25) is 0 Å². The summed E-state index contributed by atoms with van der Waals surface area (Å²) in [4.78, 5) is 1.60. The standard InChI is InChI=1S/C13H20F2N2/c1-4-5-17(3)13-11(14)7-10(6-9(2)16)8-12(13)15/h7-9H,4-6,16H2,1-3H3. The van der Waals surface area contributed by atoms with E-state index < -0.39 is 11.6 Å². The second-order valence-corrected chi connectivity index (χ2v) is 4.51. The first-order valence-corrected chi connectivity index (χ1v) is 5.90. The molecule has 17 heavy (non-hydrogen) atoms. The summed E-state index contributed by atoms with van der Waals surface area (Å²) in [5.41, 5.74) is 6.26. The second-order valence-electron chi connectivity index (χ2n) is 4.51. The van der Waals surface area contributed by atoms with E-state index in [2.05, 4.69) is 0 Å². The molecule has 0 saturated heterocycles. The lowest BCUT2D eigenvalue weighted by atomic mass is 10.1. The van der Waals surface area contributed by atoms with Crippen LogP contribution < -0.4 is 10.6 Å². The molecule has 0 heterocycles. The average Bonchev–Trinajstić information content (AvgIpc) is 2.15. The van der Waals surface area contributed by atoms with Gasteiger partial charge in [-0.1, -0.05) is 6.92 Å². The van der Waals surface area contributed by atoms with E-state index >= 15 is 0 Å². The van der Waals surface area contributed by atoms with E-state index in [4.69, 9.17) is 5.73 Å². The van der Waals surface area contributed by atoms with Gasteiger partial charge in [0, 0.05) is 19.6 Å². The van der Waals surface area contributed by atoms with Crippen LogP contribution in [0.25, 0.3) is 0 Å². The van der Waals surface area contributed by atoms with E-state index in [-0.39, 0.29) is 11.7 Å². The number of hydrogen-bond acceptors (Lipinski definition) is 2. The quantitative estimate of drug-likeness (QED) is 0.860. The number of halogens is 2. The Kier molecular flexibility index (Phi) is 4.87. The van der Waals surface area contributed by atoms with Gasteiger partial charge in [-0.3, -0.25) is 0 Å². The van der Waals surface area contributed by atoms with Gasteiger partial charge < -0.3 is 10.6 Å². The van der Waals surface area contributed by atoms with Gasteiger partial charge in [0.2, 0.25) is 0 Å². The third-order valence-corrected chi connectivity index (χ3v) is 2.58. The highest BCUT2D eigenvalue weighted by molar-refractivity contribution is 5.50. The number of rotatable bonds is 5. The maximum absolute atomic E-state index is 13.8. The van der Waals surface area contributed by atoms with Crippen LogP contribution in [-0.2, 0) is 6.42 Å². The minimum Gasteiger partial charge on any atom is -0.370 e. The summed E-state index contributed by atoms with van der Waals surface area (Å²) < 4.78 is 27.6.